The summed E-state index contributed by atoms with van der Waals surface area (Å²) in [4.78, 5) is 12.4. The number of thioether (sulfide) groups is 1. The van der Waals surface area contributed by atoms with Crippen molar-refractivity contribution < 1.29 is 9.53 Å². The Morgan fingerprint density at radius 2 is 1.75 bits per heavy atom. The summed E-state index contributed by atoms with van der Waals surface area (Å²) in [5.74, 6) is 0.523. The SMILES string of the molecule is CCCCCCCOc1ccc(C2=CNC(c3ccc(C(N)=O)cc3)S2)cc1. The second-order valence-corrected chi connectivity index (χ2v) is 8.09. The number of hydrogen-bond acceptors (Lipinski definition) is 4. The van der Waals surface area contributed by atoms with Crippen molar-refractivity contribution >= 4 is 22.6 Å². The smallest absolute Gasteiger partial charge is 0.248 e. The van der Waals surface area contributed by atoms with Crippen LogP contribution in [0.5, 0.6) is 5.75 Å². The van der Waals surface area contributed by atoms with Gasteiger partial charge < -0.3 is 15.8 Å². The summed E-state index contributed by atoms with van der Waals surface area (Å²) in [7, 11) is 0. The molecule has 0 fully saturated rings. The highest BCUT2D eigenvalue weighted by molar-refractivity contribution is 8.08. The number of benzene rings is 2. The lowest BCUT2D eigenvalue weighted by atomic mass is 10.1. The van der Waals surface area contributed by atoms with Gasteiger partial charge in [0.05, 0.1) is 6.61 Å². The molecule has 2 aromatic rings. The molecule has 1 atom stereocenters. The molecular formula is C23H28N2O2S. The molecule has 1 aliphatic rings. The number of carbonyl (C=O) groups excluding carboxylic acids is 1. The van der Waals surface area contributed by atoms with Crippen LogP contribution in [0.1, 0.15) is 65.9 Å². The van der Waals surface area contributed by atoms with Crippen LogP contribution in [0.3, 0.4) is 0 Å². The van der Waals surface area contributed by atoms with Gasteiger partial charge in [0.1, 0.15) is 11.1 Å². The number of carbonyl (C=O) groups is 1. The Labute approximate surface area is 171 Å². The summed E-state index contributed by atoms with van der Waals surface area (Å²) in [5.41, 5.74) is 8.12. The first-order valence-electron chi connectivity index (χ1n) is 9.93. The van der Waals surface area contributed by atoms with E-state index in [-0.39, 0.29) is 5.37 Å². The second kappa shape index (κ2) is 10.2. The zero-order valence-corrected chi connectivity index (χ0v) is 17.1. The summed E-state index contributed by atoms with van der Waals surface area (Å²) in [6, 6.07) is 15.7. The van der Waals surface area contributed by atoms with E-state index in [2.05, 4.69) is 24.4 Å². The van der Waals surface area contributed by atoms with Gasteiger partial charge in [-0.15, -0.1) is 0 Å². The van der Waals surface area contributed by atoms with E-state index in [9.17, 15) is 4.79 Å². The van der Waals surface area contributed by atoms with Gasteiger partial charge in [-0.05, 0) is 41.8 Å². The van der Waals surface area contributed by atoms with Gasteiger partial charge in [-0.3, -0.25) is 4.79 Å². The van der Waals surface area contributed by atoms with Crippen molar-refractivity contribution in [3.05, 3.63) is 71.4 Å². The normalized spacial score (nSPS) is 15.8. The topological polar surface area (TPSA) is 64.3 Å². The standard InChI is InChI=1S/C23H28N2O2S/c1-2-3-4-5-6-15-27-20-13-11-17(12-14-20)21-16-25-23(28-21)19-9-7-18(8-10-19)22(24)26/h7-14,16,23,25H,2-6,15H2,1H3,(H2,24,26). The Balaban J connectivity index is 1.49. The molecule has 0 aliphatic carbocycles. The van der Waals surface area contributed by atoms with Crippen LogP contribution < -0.4 is 15.8 Å². The van der Waals surface area contributed by atoms with Crippen LogP contribution in [-0.2, 0) is 0 Å². The maximum absolute atomic E-state index is 11.2. The molecule has 0 saturated carbocycles. The fourth-order valence-corrected chi connectivity index (χ4v) is 4.19. The van der Waals surface area contributed by atoms with E-state index in [1.54, 1.807) is 23.9 Å². The van der Waals surface area contributed by atoms with E-state index in [1.165, 1.54) is 36.2 Å². The van der Waals surface area contributed by atoms with E-state index in [0.717, 1.165) is 24.3 Å². The molecule has 0 saturated heterocycles. The molecule has 3 N–H and O–H groups in total. The molecular weight excluding hydrogens is 368 g/mol. The number of nitrogens with two attached hydrogens (primary N) is 1. The van der Waals surface area contributed by atoms with E-state index >= 15 is 0 Å². The average Bonchev–Trinajstić information content (AvgIpc) is 3.21. The monoisotopic (exact) mass is 396 g/mol. The molecule has 3 rings (SSSR count). The van der Waals surface area contributed by atoms with E-state index in [4.69, 9.17) is 10.5 Å². The summed E-state index contributed by atoms with van der Waals surface area (Å²) < 4.78 is 5.85. The molecule has 148 valence electrons. The summed E-state index contributed by atoms with van der Waals surface area (Å²) >= 11 is 1.76. The summed E-state index contributed by atoms with van der Waals surface area (Å²) in [5, 5.41) is 3.53. The van der Waals surface area contributed by atoms with Crippen LogP contribution in [0.25, 0.3) is 4.91 Å². The Morgan fingerprint density at radius 3 is 2.43 bits per heavy atom. The lowest BCUT2D eigenvalue weighted by molar-refractivity contribution is 0.100. The molecule has 1 heterocycles. The number of amides is 1. The summed E-state index contributed by atoms with van der Waals surface area (Å²) in [6.45, 7) is 3.01. The number of unbranched alkanes of at least 4 members (excludes halogenated alkanes) is 4. The molecule has 4 nitrogen and oxygen atoms in total. The molecule has 2 aromatic carbocycles. The molecule has 0 radical (unpaired) electrons. The van der Waals surface area contributed by atoms with Crippen LogP contribution in [0, 0.1) is 0 Å². The largest absolute Gasteiger partial charge is 0.494 e. The quantitative estimate of drug-likeness (QED) is 0.523. The Bertz CT molecular complexity index is 800. The van der Waals surface area contributed by atoms with Crippen molar-refractivity contribution in [3.63, 3.8) is 0 Å². The number of rotatable bonds is 10. The maximum Gasteiger partial charge on any atom is 0.248 e. The van der Waals surface area contributed by atoms with Gasteiger partial charge in [0.25, 0.3) is 0 Å². The Kier molecular flexibility index (Phi) is 7.43. The van der Waals surface area contributed by atoms with Gasteiger partial charge in [-0.25, -0.2) is 0 Å². The minimum atomic E-state index is -0.402. The molecule has 28 heavy (non-hydrogen) atoms. The van der Waals surface area contributed by atoms with Crippen LogP contribution >= 0.6 is 11.8 Å². The van der Waals surface area contributed by atoms with Crippen LogP contribution in [0.15, 0.2) is 54.7 Å². The van der Waals surface area contributed by atoms with Crippen molar-refractivity contribution in [3.8, 4) is 5.75 Å². The van der Waals surface area contributed by atoms with Gasteiger partial charge in [-0.2, -0.15) is 0 Å². The van der Waals surface area contributed by atoms with Gasteiger partial charge >= 0.3 is 0 Å². The number of primary amides is 1. The summed E-state index contributed by atoms with van der Waals surface area (Å²) in [6.07, 6.45) is 8.27. The highest BCUT2D eigenvalue weighted by Crippen LogP contribution is 2.42. The number of ether oxygens (including phenoxy) is 1. The van der Waals surface area contributed by atoms with Crippen LogP contribution in [-0.4, -0.2) is 12.5 Å². The number of hydrogen-bond donors (Lipinski definition) is 2. The molecule has 1 unspecified atom stereocenters. The van der Waals surface area contributed by atoms with Crippen molar-refractivity contribution in [1.29, 1.82) is 0 Å². The Hall–Kier alpha value is -2.40. The first kappa shape index (κ1) is 20.3. The average molecular weight is 397 g/mol. The third-order valence-electron chi connectivity index (χ3n) is 4.76. The number of nitrogens with one attached hydrogen (secondary N) is 1. The fourth-order valence-electron chi connectivity index (χ4n) is 3.10. The van der Waals surface area contributed by atoms with Crippen LogP contribution in [0.4, 0.5) is 0 Å². The minimum absolute atomic E-state index is 0.135. The highest BCUT2D eigenvalue weighted by Gasteiger charge is 2.20. The third kappa shape index (κ3) is 5.55. The van der Waals surface area contributed by atoms with Gasteiger partial charge in [-0.1, -0.05) is 68.6 Å². The first-order chi connectivity index (χ1) is 13.7. The highest BCUT2D eigenvalue weighted by atomic mass is 32.2. The van der Waals surface area contributed by atoms with Gasteiger partial charge in [0.15, 0.2) is 0 Å². The lowest BCUT2D eigenvalue weighted by Crippen LogP contribution is -2.11. The Morgan fingerprint density at radius 1 is 1.04 bits per heavy atom. The van der Waals surface area contributed by atoms with Gasteiger partial charge in [0, 0.05) is 16.7 Å². The molecule has 1 aliphatic heterocycles. The zero-order valence-electron chi connectivity index (χ0n) is 16.3. The van der Waals surface area contributed by atoms with E-state index < -0.39 is 5.91 Å². The van der Waals surface area contributed by atoms with Crippen molar-refractivity contribution in [2.45, 2.75) is 44.4 Å². The second-order valence-electron chi connectivity index (χ2n) is 6.95. The molecule has 0 aromatic heterocycles. The predicted octanol–water partition coefficient (Wildman–Crippen LogP) is 5.47. The maximum atomic E-state index is 11.2. The van der Waals surface area contributed by atoms with E-state index in [0.29, 0.717) is 5.56 Å². The van der Waals surface area contributed by atoms with Crippen LogP contribution in [0.2, 0.25) is 0 Å². The minimum Gasteiger partial charge on any atom is -0.494 e. The zero-order chi connectivity index (χ0) is 19.8. The molecule has 1 amide bonds. The third-order valence-corrected chi connectivity index (χ3v) is 6.02. The molecule has 5 heteroatoms. The molecule has 0 bridgehead atoms. The van der Waals surface area contributed by atoms with Crippen molar-refractivity contribution in [1.82, 2.24) is 5.32 Å². The lowest BCUT2D eigenvalue weighted by Gasteiger charge is -2.12. The van der Waals surface area contributed by atoms with Gasteiger partial charge in [0.2, 0.25) is 5.91 Å². The first-order valence-corrected chi connectivity index (χ1v) is 10.8. The van der Waals surface area contributed by atoms with Crippen molar-refractivity contribution in [2.75, 3.05) is 6.61 Å². The fraction of sp³-hybridized carbons (Fsp3) is 0.348. The van der Waals surface area contributed by atoms with E-state index in [1.807, 2.05) is 30.5 Å². The molecule has 0 spiro atoms. The predicted molar refractivity (Wildman–Crippen MR) is 117 cm³/mol. The van der Waals surface area contributed by atoms with Crippen molar-refractivity contribution in [2.24, 2.45) is 5.73 Å².